The highest BCUT2D eigenvalue weighted by atomic mass is 79.9. The number of ether oxygens (including phenoxy) is 3. The van der Waals surface area contributed by atoms with E-state index in [4.69, 9.17) is 35.9 Å². The lowest BCUT2D eigenvalue weighted by atomic mass is 9.95. The number of unbranched alkanes of at least 4 members (excludes halogenated alkanes) is 3. The van der Waals surface area contributed by atoms with Gasteiger partial charge in [-0.3, -0.25) is 0 Å². The Morgan fingerprint density at radius 3 is 2.66 bits per heavy atom. The van der Waals surface area contributed by atoms with E-state index < -0.39 is 12.0 Å². The van der Waals surface area contributed by atoms with Crippen LogP contribution in [0.2, 0.25) is 5.02 Å². The number of aromatic nitrogens is 3. The smallest absolute Gasteiger partial charge is 0.338 e. The molecule has 1 aliphatic rings. The molecule has 11 heteroatoms. The van der Waals surface area contributed by atoms with Gasteiger partial charge in [0.2, 0.25) is 11.1 Å². The van der Waals surface area contributed by atoms with Crippen LogP contribution in [0.25, 0.3) is 0 Å². The van der Waals surface area contributed by atoms with Crippen LogP contribution < -0.4 is 14.8 Å². The monoisotopic (exact) mass is 662 g/mol. The number of nitrogens with zero attached hydrogens (tertiary/aromatic N) is 3. The number of nitrogens with one attached hydrogen (secondary N) is 1. The minimum atomic E-state index is -0.595. The fraction of sp³-hybridized carbons (Fsp3) is 0.433. The van der Waals surface area contributed by atoms with E-state index in [1.54, 1.807) is 11.8 Å². The van der Waals surface area contributed by atoms with Crippen LogP contribution in [0.15, 0.2) is 57.3 Å². The van der Waals surface area contributed by atoms with Gasteiger partial charge in [-0.15, -0.1) is 5.10 Å². The van der Waals surface area contributed by atoms with Gasteiger partial charge < -0.3 is 19.5 Å². The summed E-state index contributed by atoms with van der Waals surface area (Å²) >= 11 is 11.5. The summed E-state index contributed by atoms with van der Waals surface area (Å²) in [4.78, 5) is 18.2. The Hall–Kier alpha value is -2.69. The number of hydrogen-bond acceptors (Lipinski definition) is 8. The third-order valence-electron chi connectivity index (χ3n) is 6.66. The Labute approximate surface area is 259 Å². The molecule has 1 N–H and O–H groups in total. The molecule has 1 aliphatic heterocycles. The minimum Gasteiger partial charge on any atom is -0.493 e. The molecule has 4 rings (SSSR count). The number of esters is 1. The lowest BCUT2D eigenvalue weighted by Crippen LogP contribution is -2.30. The number of allylic oxidation sites excluding steroid dienone is 1. The summed E-state index contributed by atoms with van der Waals surface area (Å²) in [6.07, 6.45) is 4.87. The average molecular weight is 664 g/mol. The molecule has 1 unspecified atom stereocenters. The molecule has 0 fully saturated rings. The number of fused-ring (bicyclic) bond motifs is 1. The van der Waals surface area contributed by atoms with Crippen molar-refractivity contribution in [2.45, 2.75) is 69.8 Å². The molecule has 0 spiro atoms. The van der Waals surface area contributed by atoms with E-state index in [0.29, 0.717) is 57.9 Å². The number of thioether (sulfide) groups is 1. The minimum absolute atomic E-state index is 0.347. The molecule has 0 amide bonds. The van der Waals surface area contributed by atoms with Crippen molar-refractivity contribution >= 4 is 51.2 Å². The molecule has 41 heavy (non-hydrogen) atoms. The van der Waals surface area contributed by atoms with E-state index in [2.05, 4.69) is 35.1 Å². The van der Waals surface area contributed by atoms with Crippen molar-refractivity contribution in [1.29, 1.82) is 0 Å². The van der Waals surface area contributed by atoms with E-state index >= 15 is 0 Å². The van der Waals surface area contributed by atoms with E-state index in [1.165, 1.54) is 11.8 Å². The molecular weight excluding hydrogens is 628 g/mol. The second-order valence-corrected chi connectivity index (χ2v) is 11.9. The molecular formula is C30H36BrClN4O4S. The predicted molar refractivity (Wildman–Crippen MR) is 167 cm³/mol. The van der Waals surface area contributed by atoms with Gasteiger partial charge in [-0.1, -0.05) is 74.7 Å². The first-order chi connectivity index (χ1) is 19.9. The standard InChI is InChI=1S/C30H36BrClN4O4S/c1-5-7-11-15-39-27-22(31)16-21(17-24(27)38-4)26-25(28(37)40-14-8-6-2)19(3)33-29-34-30(35-36(26)29)41-18-20-12-9-10-13-23(20)32/h9-10,12-13,16-17,26H,5-8,11,14-15,18H2,1-4H3,(H,33,34,35). The molecule has 0 saturated carbocycles. The van der Waals surface area contributed by atoms with Gasteiger partial charge in [-0.25, -0.2) is 9.48 Å². The summed E-state index contributed by atoms with van der Waals surface area (Å²) in [5, 5.41) is 9.36. The quantitative estimate of drug-likeness (QED) is 0.105. The number of hydrogen-bond donors (Lipinski definition) is 1. The van der Waals surface area contributed by atoms with Crippen LogP contribution in [0.5, 0.6) is 11.5 Å². The van der Waals surface area contributed by atoms with Crippen molar-refractivity contribution < 1.29 is 19.0 Å². The molecule has 3 aromatic rings. The third-order valence-corrected chi connectivity index (χ3v) is 8.50. The molecule has 2 heterocycles. The Kier molecular flexibility index (Phi) is 11.4. The fourth-order valence-electron chi connectivity index (χ4n) is 4.47. The first kappa shape index (κ1) is 31.3. The maximum atomic E-state index is 13.5. The average Bonchev–Trinajstić information content (AvgIpc) is 3.36. The molecule has 8 nitrogen and oxygen atoms in total. The highest BCUT2D eigenvalue weighted by molar-refractivity contribution is 9.10. The molecule has 0 radical (unpaired) electrons. The van der Waals surface area contributed by atoms with Crippen molar-refractivity contribution in [1.82, 2.24) is 14.8 Å². The van der Waals surface area contributed by atoms with Crippen molar-refractivity contribution in [3.63, 3.8) is 0 Å². The van der Waals surface area contributed by atoms with Gasteiger partial charge in [0, 0.05) is 16.5 Å². The zero-order chi connectivity index (χ0) is 29.4. The number of anilines is 1. The zero-order valence-electron chi connectivity index (χ0n) is 23.8. The van der Waals surface area contributed by atoms with Gasteiger partial charge in [0.1, 0.15) is 6.04 Å². The molecule has 0 bridgehead atoms. The zero-order valence-corrected chi connectivity index (χ0v) is 27.0. The highest BCUT2D eigenvalue weighted by Gasteiger charge is 2.36. The van der Waals surface area contributed by atoms with Crippen LogP contribution in [-0.2, 0) is 15.3 Å². The lowest BCUT2D eigenvalue weighted by molar-refractivity contribution is -0.139. The summed E-state index contributed by atoms with van der Waals surface area (Å²) in [6, 6.07) is 11.0. The topological polar surface area (TPSA) is 87.5 Å². The van der Waals surface area contributed by atoms with E-state index in [1.807, 2.05) is 43.3 Å². The number of benzene rings is 2. The summed E-state index contributed by atoms with van der Waals surface area (Å²) in [5.74, 6) is 1.94. The number of methoxy groups -OCH3 is 1. The van der Waals surface area contributed by atoms with E-state index in [-0.39, 0.29) is 0 Å². The fourth-order valence-corrected chi connectivity index (χ4v) is 6.16. The first-order valence-corrected chi connectivity index (χ1v) is 16.0. The van der Waals surface area contributed by atoms with Crippen LogP contribution in [0.1, 0.15) is 70.0 Å². The largest absolute Gasteiger partial charge is 0.493 e. The number of carbonyl (C=O) groups excluding carboxylic acids is 1. The van der Waals surface area contributed by atoms with Crippen molar-refractivity contribution in [3.05, 3.63) is 68.3 Å². The molecule has 2 aromatic carbocycles. The van der Waals surface area contributed by atoms with Gasteiger partial charge in [0.15, 0.2) is 11.5 Å². The van der Waals surface area contributed by atoms with Crippen LogP contribution >= 0.6 is 39.3 Å². The van der Waals surface area contributed by atoms with Crippen LogP contribution in [0.4, 0.5) is 5.95 Å². The molecule has 1 aromatic heterocycles. The van der Waals surface area contributed by atoms with Crippen molar-refractivity contribution in [2.75, 3.05) is 25.6 Å². The molecule has 0 saturated heterocycles. The Balaban J connectivity index is 1.71. The SMILES string of the molecule is CCCCCOc1c(Br)cc(C2C(C(=O)OCCCC)=C(C)Nc3nc(SCc4ccccc4Cl)nn32)cc1OC. The maximum Gasteiger partial charge on any atom is 0.338 e. The molecule has 1 atom stereocenters. The molecule has 220 valence electrons. The Morgan fingerprint density at radius 1 is 1.15 bits per heavy atom. The number of rotatable bonds is 14. The predicted octanol–water partition coefficient (Wildman–Crippen LogP) is 8.20. The Bertz CT molecular complexity index is 1400. The summed E-state index contributed by atoms with van der Waals surface area (Å²) < 4.78 is 20.0. The summed E-state index contributed by atoms with van der Waals surface area (Å²) in [6.45, 7) is 7.00. The van der Waals surface area contributed by atoms with Crippen LogP contribution in [0, 0.1) is 0 Å². The number of carbonyl (C=O) groups is 1. The second-order valence-electron chi connectivity index (χ2n) is 9.69. The first-order valence-electron chi connectivity index (χ1n) is 13.9. The third kappa shape index (κ3) is 7.59. The van der Waals surface area contributed by atoms with Gasteiger partial charge in [-0.2, -0.15) is 4.98 Å². The lowest BCUT2D eigenvalue weighted by Gasteiger charge is -2.29. The van der Waals surface area contributed by atoms with E-state index in [9.17, 15) is 4.79 Å². The van der Waals surface area contributed by atoms with Gasteiger partial charge >= 0.3 is 5.97 Å². The maximum absolute atomic E-state index is 13.5. The van der Waals surface area contributed by atoms with Crippen LogP contribution in [0.3, 0.4) is 0 Å². The van der Waals surface area contributed by atoms with Crippen molar-refractivity contribution in [3.8, 4) is 11.5 Å². The second kappa shape index (κ2) is 15.0. The Morgan fingerprint density at radius 2 is 1.93 bits per heavy atom. The van der Waals surface area contributed by atoms with Crippen LogP contribution in [-0.4, -0.2) is 41.1 Å². The highest BCUT2D eigenvalue weighted by Crippen LogP contribution is 2.43. The number of halogens is 2. The summed E-state index contributed by atoms with van der Waals surface area (Å²) in [5.41, 5.74) is 2.90. The van der Waals surface area contributed by atoms with Gasteiger partial charge in [0.05, 0.1) is 30.4 Å². The normalized spacial score (nSPS) is 14.4. The summed E-state index contributed by atoms with van der Waals surface area (Å²) in [7, 11) is 1.61. The molecule has 0 aliphatic carbocycles. The van der Waals surface area contributed by atoms with Gasteiger partial charge in [0.25, 0.3) is 0 Å². The van der Waals surface area contributed by atoms with Gasteiger partial charge in [-0.05, 0) is 65.0 Å². The van der Waals surface area contributed by atoms with E-state index in [0.717, 1.165) is 47.7 Å². The van der Waals surface area contributed by atoms with Crippen molar-refractivity contribution in [2.24, 2.45) is 0 Å².